The van der Waals surface area contributed by atoms with Gasteiger partial charge in [0.05, 0.1) is 5.60 Å². The molecule has 0 saturated carbocycles. The number of hydrogen-bond donors (Lipinski definition) is 1. The van der Waals surface area contributed by atoms with Crippen molar-refractivity contribution in [2.75, 3.05) is 0 Å². The minimum absolute atomic E-state index is 0.326. The van der Waals surface area contributed by atoms with Crippen molar-refractivity contribution in [2.24, 2.45) is 0 Å². The van der Waals surface area contributed by atoms with E-state index in [1.165, 1.54) is 6.07 Å². The van der Waals surface area contributed by atoms with Gasteiger partial charge in [-0.25, -0.2) is 4.39 Å². The summed E-state index contributed by atoms with van der Waals surface area (Å²) in [5, 5.41) is 10.5. The van der Waals surface area contributed by atoms with Gasteiger partial charge >= 0.3 is 0 Å². The molecule has 1 aromatic carbocycles. The molecular weight excluding hydrogens is 271 g/mol. The zero-order chi connectivity index (χ0) is 12.2. The molecule has 0 heterocycles. The highest BCUT2D eigenvalue weighted by Gasteiger charge is 2.30. The van der Waals surface area contributed by atoms with Crippen LogP contribution in [-0.4, -0.2) is 5.11 Å². The van der Waals surface area contributed by atoms with Crippen molar-refractivity contribution in [1.82, 2.24) is 0 Å². The highest BCUT2D eigenvalue weighted by Crippen LogP contribution is 2.34. The minimum Gasteiger partial charge on any atom is -0.385 e. The van der Waals surface area contributed by atoms with Gasteiger partial charge in [0.25, 0.3) is 0 Å². The number of halogens is 2. The van der Waals surface area contributed by atoms with E-state index in [1.54, 1.807) is 12.1 Å². The fourth-order valence-corrected chi connectivity index (χ4v) is 2.44. The third-order valence-corrected chi connectivity index (χ3v) is 3.25. The van der Waals surface area contributed by atoms with Crippen LogP contribution in [0.1, 0.15) is 45.1 Å². The standard InChI is InChI=1S/C13H18BrFO/c1-3-7-13(16,8-4-2)11-9-10(14)5-6-12(11)15/h5-6,9,16H,3-4,7-8H2,1-2H3. The summed E-state index contributed by atoms with van der Waals surface area (Å²) in [6.07, 6.45) is 2.85. The van der Waals surface area contributed by atoms with E-state index in [9.17, 15) is 9.50 Å². The molecule has 1 nitrogen and oxygen atoms in total. The Hall–Kier alpha value is -0.410. The van der Waals surface area contributed by atoms with Crippen molar-refractivity contribution in [3.05, 3.63) is 34.1 Å². The predicted molar refractivity (Wildman–Crippen MR) is 67.8 cm³/mol. The van der Waals surface area contributed by atoms with Gasteiger partial charge in [-0.3, -0.25) is 0 Å². The van der Waals surface area contributed by atoms with Gasteiger partial charge in [0, 0.05) is 10.0 Å². The third kappa shape index (κ3) is 3.05. The Balaban J connectivity index is 3.14. The van der Waals surface area contributed by atoms with Crippen molar-refractivity contribution in [3.63, 3.8) is 0 Å². The van der Waals surface area contributed by atoms with E-state index in [1.807, 2.05) is 13.8 Å². The maximum absolute atomic E-state index is 13.7. The topological polar surface area (TPSA) is 20.2 Å². The summed E-state index contributed by atoms with van der Waals surface area (Å²) in [4.78, 5) is 0. The van der Waals surface area contributed by atoms with Gasteiger partial charge in [0.2, 0.25) is 0 Å². The van der Waals surface area contributed by atoms with Crippen LogP contribution in [0.3, 0.4) is 0 Å². The van der Waals surface area contributed by atoms with Gasteiger partial charge in [-0.1, -0.05) is 42.6 Å². The number of rotatable bonds is 5. The normalized spacial score (nSPS) is 11.8. The molecule has 0 bridgehead atoms. The fourth-order valence-electron chi connectivity index (χ4n) is 2.08. The lowest BCUT2D eigenvalue weighted by atomic mass is 9.85. The summed E-state index contributed by atoms with van der Waals surface area (Å²) >= 11 is 3.31. The summed E-state index contributed by atoms with van der Waals surface area (Å²) in [6.45, 7) is 3.99. The molecule has 0 atom stereocenters. The van der Waals surface area contributed by atoms with E-state index < -0.39 is 5.60 Å². The van der Waals surface area contributed by atoms with Crippen LogP contribution in [-0.2, 0) is 5.60 Å². The molecule has 90 valence electrons. The molecule has 0 unspecified atom stereocenters. The maximum Gasteiger partial charge on any atom is 0.129 e. The highest BCUT2D eigenvalue weighted by atomic mass is 79.9. The van der Waals surface area contributed by atoms with E-state index in [2.05, 4.69) is 15.9 Å². The average molecular weight is 289 g/mol. The van der Waals surface area contributed by atoms with Gasteiger partial charge in [-0.15, -0.1) is 0 Å². The van der Waals surface area contributed by atoms with Crippen LogP contribution in [0.5, 0.6) is 0 Å². The Morgan fingerprint density at radius 3 is 2.31 bits per heavy atom. The molecular formula is C13H18BrFO. The number of hydrogen-bond acceptors (Lipinski definition) is 1. The molecule has 1 rings (SSSR count). The third-order valence-electron chi connectivity index (χ3n) is 2.76. The Labute approximate surface area is 105 Å². The smallest absolute Gasteiger partial charge is 0.129 e. The van der Waals surface area contributed by atoms with Gasteiger partial charge in [0.1, 0.15) is 5.82 Å². The molecule has 1 aromatic rings. The van der Waals surface area contributed by atoms with Crippen LogP contribution in [0, 0.1) is 5.82 Å². The van der Waals surface area contributed by atoms with Gasteiger partial charge < -0.3 is 5.11 Å². The van der Waals surface area contributed by atoms with Crippen LogP contribution in [0.25, 0.3) is 0 Å². The van der Waals surface area contributed by atoms with Crippen molar-refractivity contribution < 1.29 is 9.50 Å². The molecule has 1 N–H and O–H groups in total. The molecule has 3 heteroatoms. The van der Waals surface area contributed by atoms with E-state index in [4.69, 9.17) is 0 Å². The Bertz CT molecular complexity index is 346. The molecule has 0 aromatic heterocycles. The molecule has 0 radical (unpaired) electrons. The molecule has 0 amide bonds. The van der Waals surface area contributed by atoms with Crippen LogP contribution in [0.2, 0.25) is 0 Å². The van der Waals surface area contributed by atoms with Gasteiger partial charge in [-0.2, -0.15) is 0 Å². The van der Waals surface area contributed by atoms with E-state index in [0.29, 0.717) is 18.4 Å². The van der Waals surface area contributed by atoms with Crippen LogP contribution >= 0.6 is 15.9 Å². The first kappa shape index (κ1) is 13.7. The van der Waals surface area contributed by atoms with Gasteiger partial charge in [0.15, 0.2) is 0 Å². The second-order valence-electron chi connectivity index (χ2n) is 4.16. The predicted octanol–water partition coefficient (Wildman–Crippen LogP) is 4.38. The molecule has 16 heavy (non-hydrogen) atoms. The largest absolute Gasteiger partial charge is 0.385 e. The van der Waals surface area contributed by atoms with Crippen molar-refractivity contribution in [2.45, 2.75) is 45.1 Å². The van der Waals surface area contributed by atoms with E-state index >= 15 is 0 Å². The Kier molecular flexibility index (Phi) is 4.93. The molecule has 0 saturated heterocycles. The lowest BCUT2D eigenvalue weighted by Crippen LogP contribution is -2.26. The molecule has 0 aliphatic carbocycles. The Morgan fingerprint density at radius 1 is 1.25 bits per heavy atom. The average Bonchev–Trinajstić information content (AvgIpc) is 2.22. The van der Waals surface area contributed by atoms with Crippen LogP contribution in [0.15, 0.2) is 22.7 Å². The quantitative estimate of drug-likeness (QED) is 0.853. The second-order valence-corrected chi connectivity index (χ2v) is 5.07. The first-order valence-electron chi connectivity index (χ1n) is 5.71. The van der Waals surface area contributed by atoms with Crippen LogP contribution < -0.4 is 0 Å². The zero-order valence-corrected chi connectivity index (χ0v) is 11.3. The molecule has 0 fully saturated rings. The monoisotopic (exact) mass is 288 g/mol. The van der Waals surface area contributed by atoms with E-state index in [-0.39, 0.29) is 5.82 Å². The number of benzene rings is 1. The second kappa shape index (κ2) is 5.78. The lowest BCUT2D eigenvalue weighted by Gasteiger charge is -2.28. The van der Waals surface area contributed by atoms with Crippen LogP contribution in [0.4, 0.5) is 4.39 Å². The van der Waals surface area contributed by atoms with Crippen molar-refractivity contribution in [3.8, 4) is 0 Å². The molecule has 0 aliphatic rings. The first-order valence-corrected chi connectivity index (χ1v) is 6.50. The molecule has 0 aliphatic heterocycles. The first-order chi connectivity index (χ1) is 7.53. The van der Waals surface area contributed by atoms with Crippen molar-refractivity contribution in [1.29, 1.82) is 0 Å². The Morgan fingerprint density at radius 2 is 1.81 bits per heavy atom. The maximum atomic E-state index is 13.7. The zero-order valence-electron chi connectivity index (χ0n) is 9.76. The van der Waals surface area contributed by atoms with Gasteiger partial charge in [-0.05, 0) is 31.0 Å². The fraction of sp³-hybridized carbons (Fsp3) is 0.538. The number of aliphatic hydroxyl groups is 1. The molecule has 0 spiro atoms. The SMILES string of the molecule is CCCC(O)(CCC)c1cc(Br)ccc1F. The summed E-state index contributed by atoms with van der Waals surface area (Å²) in [5.41, 5.74) is -0.622. The summed E-state index contributed by atoms with van der Waals surface area (Å²) in [5.74, 6) is -0.326. The minimum atomic E-state index is -1.03. The lowest BCUT2D eigenvalue weighted by molar-refractivity contribution is 0.0135. The summed E-state index contributed by atoms with van der Waals surface area (Å²) < 4.78 is 14.5. The van der Waals surface area contributed by atoms with E-state index in [0.717, 1.165) is 17.3 Å². The highest BCUT2D eigenvalue weighted by molar-refractivity contribution is 9.10. The van der Waals surface area contributed by atoms with Crippen molar-refractivity contribution >= 4 is 15.9 Å². The summed E-state index contributed by atoms with van der Waals surface area (Å²) in [7, 11) is 0. The summed E-state index contributed by atoms with van der Waals surface area (Å²) in [6, 6.07) is 4.73.